The van der Waals surface area contributed by atoms with Crippen molar-refractivity contribution in [1.29, 1.82) is 0 Å². The zero-order valence-electron chi connectivity index (χ0n) is 10.5. The van der Waals surface area contributed by atoms with E-state index >= 15 is 0 Å². The number of benzene rings is 1. The number of thiophene rings is 1. The van der Waals surface area contributed by atoms with Gasteiger partial charge in [-0.1, -0.05) is 30.0 Å². The maximum Gasteiger partial charge on any atom is 0.268 e. The van der Waals surface area contributed by atoms with Crippen molar-refractivity contribution < 1.29 is 9.90 Å². The molecule has 0 saturated carbocycles. The van der Waals surface area contributed by atoms with Crippen molar-refractivity contribution in [2.75, 3.05) is 18.6 Å². The first-order chi connectivity index (χ1) is 9.22. The minimum absolute atomic E-state index is 0.0618. The van der Waals surface area contributed by atoms with Gasteiger partial charge in [0.1, 0.15) is 6.61 Å². The van der Waals surface area contributed by atoms with Gasteiger partial charge < -0.3 is 10.0 Å². The highest BCUT2D eigenvalue weighted by Crippen LogP contribution is 2.20. The monoisotopic (exact) mass is 271 g/mol. The van der Waals surface area contributed by atoms with Gasteiger partial charge >= 0.3 is 0 Å². The Labute approximate surface area is 116 Å². The Morgan fingerprint density at radius 3 is 2.68 bits per heavy atom. The molecule has 0 spiro atoms. The molecule has 0 bridgehead atoms. The molecule has 0 aliphatic rings. The van der Waals surface area contributed by atoms with E-state index in [1.165, 1.54) is 11.3 Å². The van der Waals surface area contributed by atoms with E-state index in [9.17, 15) is 4.79 Å². The van der Waals surface area contributed by atoms with Crippen molar-refractivity contribution in [2.24, 2.45) is 0 Å². The van der Waals surface area contributed by atoms with Crippen LogP contribution >= 0.6 is 11.3 Å². The summed E-state index contributed by atoms with van der Waals surface area (Å²) in [6, 6.07) is 13.0. The fourth-order valence-electron chi connectivity index (χ4n) is 1.58. The van der Waals surface area contributed by atoms with Crippen molar-refractivity contribution in [3.63, 3.8) is 0 Å². The van der Waals surface area contributed by atoms with Crippen LogP contribution in [0.15, 0.2) is 42.5 Å². The van der Waals surface area contributed by atoms with Crippen LogP contribution in [0, 0.1) is 11.8 Å². The smallest absolute Gasteiger partial charge is 0.268 e. The van der Waals surface area contributed by atoms with Crippen LogP contribution in [0.5, 0.6) is 0 Å². The molecule has 2 rings (SSSR count). The summed E-state index contributed by atoms with van der Waals surface area (Å²) in [5.41, 5.74) is 0.851. The van der Waals surface area contributed by atoms with Gasteiger partial charge in [0.05, 0.1) is 9.75 Å². The molecule has 3 nitrogen and oxygen atoms in total. The number of carbonyl (C=O) groups excluding carboxylic acids is 1. The van der Waals surface area contributed by atoms with Crippen molar-refractivity contribution in [1.82, 2.24) is 0 Å². The van der Waals surface area contributed by atoms with Crippen molar-refractivity contribution in [3.05, 3.63) is 52.2 Å². The third-order valence-corrected chi connectivity index (χ3v) is 3.54. The topological polar surface area (TPSA) is 40.5 Å². The molecule has 19 heavy (non-hydrogen) atoms. The average Bonchev–Trinajstić information content (AvgIpc) is 2.93. The average molecular weight is 271 g/mol. The summed E-state index contributed by atoms with van der Waals surface area (Å²) >= 11 is 1.33. The lowest BCUT2D eigenvalue weighted by Gasteiger charge is -2.15. The van der Waals surface area contributed by atoms with Gasteiger partial charge in [0.25, 0.3) is 5.91 Å². The molecule has 1 aromatic heterocycles. The van der Waals surface area contributed by atoms with Crippen LogP contribution in [-0.2, 0) is 0 Å². The molecule has 0 saturated heterocycles. The van der Waals surface area contributed by atoms with Crippen LogP contribution in [0.1, 0.15) is 14.5 Å². The van der Waals surface area contributed by atoms with Gasteiger partial charge in [0.2, 0.25) is 0 Å². The Kier molecular flexibility index (Phi) is 4.35. The summed E-state index contributed by atoms with van der Waals surface area (Å²) in [6.45, 7) is -0.175. The van der Waals surface area contributed by atoms with Gasteiger partial charge in [-0.05, 0) is 24.3 Å². The van der Waals surface area contributed by atoms with Gasteiger partial charge in [-0.15, -0.1) is 11.3 Å². The van der Waals surface area contributed by atoms with E-state index in [4.69, 9.17) is 5.11 Å². The van der Waals surface area contributed by atoms with E-state index in [0.717, 1.165) is 10.6 Å². The molecule has 0 atom stereocenters. The fraction of sp³-hybridized carbons (Fsp3) is 0.133. The second-order valence-corrected chi connectivity index (χ2v) is 4.91. The first-order valence-electron chi connectivity index (χ1n) is 5.75. The number of amides is 1. The van der Waals surface area contributed by atoms with Gasteiger partial charge in [0, 0.05) is 12.7 Å². The molecule has 0 aliphatic carbocycles. The Morgan fingerprint density at radius 1 is 1.26 bits per heavy atom. The number of hydrogen-bond donors (Lipinski definition) is 1. The van der Waals surface area contributed by atoms with E-state index in [0.29, 0.717) is 4.88 Å². The molecule has 96 valence electrons. The minimum atomic E-state index is -0.175. The van der Waals surface area contributed by atoms with E-state index < -0.39 is 0 Å². The van der Waals surface area contributed by atoms with Crippen LogP contribution in [0.4, 0.5) is 5.69 Å². The number of aliphatic hydroxyl groups excluding tert-OH is 1. The van der Waals surface area contributed by atoms with E-state index in [-0.39, 0.29) is 12.5 Å². The summed E-state index contributed by atoms with van der Waals surface area (Å²) in [7, 11) is 1.75. The fourth-order valence-corrected chi connectivity index (χ4v) is 2.44. The summed E-state index contributed by atoms with van der Waals surface area (Å²) in [5, 5.41) is 8.64. The third-order valence-electron chi connectivity index (χ3n) is 2.56. The summed E-state index contributed by atoms with van der Waals surface area (Å²) in [5.74, 6) is 5.30. The number of hydrogen-bond acceptors (Lipinski definition) is 3. The number of para-hydroxylation sites is 1. The molecule has 1 N–H and O–H groups in total. The molecular weight excluding hydrogens is 258 g/mol. The largest absolute Gasteiger partial charge is 0.384 e. The van der Waals surface area contributed by atoms with Crippen molar-refractivity contribution in [2.45, 2.75) is 0 Å². The third kappa shape index (κ3) is 3.22. The lowest BCUT2D eigenvalue weighted by molar-refractivity contribution is 0.0997. The molecule has 1 amide bonds. The summed E-state index contributed by atoms with van der Waals surface area (Å²) in [4.78, 5) is 15.3. The number of nitrogens with zero attached hydrogens (tertiary/aromatic N) is 1. The standard InChI is InChI=1S/C15H13NO2S/c1-16(12-6-3-2-4-7-12)15(18)14-10-9-13(19-14)8-5-11-17/h2-4,6-7,9-10,17H,11H2,1H3. The quantitative estimate of drug-likeness (QED) is 0.852. The zero-order valence-corrected chi connectivity index (χ0v) is 11.3. The predicted octanol–water partition coefficient (Wildman–Crippen LogP) is 2.37. The molecule has 1 aromatic carbocycles. The lowest BCUT2D eigenvalue weighted by atomic mass is 10.3. The molecule has 4 heteroatoms. The maximum absolute atomic E-state index is 12.3. The number of anilines is 1. The highest BCUT2D eigenvalue weighted by Gasteiger charge is 2.14. The highest BCUT2D eigenvalue weighted by atomic mass is 32.1. The van der Waals surface area contributed by atoms with Gasteiger partial charge in [-0.2, -0.15) is 0 Å². The molecule has 0 unspecified atom stereocenters. The molecule has 0 aliphatic heterocycles. The van der Waals surface area contributed by atoms with Gasteiger partial charge in [-0.25, -0.2) is 0 Å². The molecule has 0 fully saturated rings. The molecule has 2 aromatic rings. The Balaban J connectivity index is 2.18. The zero-order chi connectivity index (χ0) is 13.7. The molecule has 1 heterocycles. The second-order valence-electron chi connectivity index (χ2n) is 3.82. The first kappa shape index (κ1) is 13.3. The molecule has 0 radical (unpaired) electrons. The van der Waals surface area contributed by atoms with Crippen molar-refractivity contribution >= 4 is 22.9 Å². The SMILES string of the molecule is CN(C(=O)c1ccc(C#CCO)s1)c1ccccc1. The van der Waals surface area contributed by atoms with Crippen LogP contribution in [0.2, 0.25) is 0 Å². The minimum Gasteiger partial charge on any atom is -0.384 e. The summed E-state index contributed by atoms with van der Waals surface area (Å²) in [6.07, 6.45) is 0. The lowest BCUT2D eigenvalue weighted by Crippen LogP contribution is -2.25. The predicted molar refractivity (Wildman–Crippen MR) is 77.5 cm³/mol. The maximum atomic E-state index is 12.3. The highest BCUT2D eigenvalue weighted by molar-refractivity contribution is 7.14. The van der Waals surface area contributed by atoms with Gasteiger partial charge in [0.15, 0.2) is 0 Å². The Morgan fingerprint density at radius 2 is 2.00 bits per heavy atom. The van der Waals surface area contributed by atoms with E-state index in [1.54, 1.807) is 24.1 Å². The van der Waals surface area contributed by atoms with Crippen LogP contribution in [0.25, 0.3) is 0 Å². The van der Waals surface area contributed by atoms with E-state index in [1.807, 2.05) is 30.3 Å². The van der Waals surface area contributed by atoms with Gasteiger partial charge in [-0.3, -0.25) is 4.79 Å². The first-order valence-corrected chi connectivity index (χ1v) is 6.56. The number of aliphatic hydroxyl groups is 1. The Bertz CT molecular complexity index is 622. The summed E-state index contributed by atoms with van der Waals surface area (Å²) < 4.78 is 0. The number of rotatable bonds is 2. The van der Waals surface area contributed by atoms with Crippen LogP contribution in [-0.4, -0.2) is 24.7 Å². The Hall–Kier alpha value is -2.09. The normalized spacial score (nSPS) is 9.58. The molecular formula is C15H13NO2S. The van der Waals surface area contributed by atoms with E-state index in [2.05, 4.69) is 11.8 Å². The van der Waals surface area contributed by atoms with Crippen LogP contribution in [0.3, 0.4) is 0 Å². The van der Waals surface area contributed by atoms with Crippen LogP contribution < -0.4 is 4.90 Å². The second kappa shape index (κ2) is 6.19. The number of carbonyl (C=O) groups is 1. The van der Waals surface area contributed by atoms with Crippen molar-refractivity contribution in [3.8, 4) is 11.8 Å².